The number of hydrogen-bond acceptors (Lipinski definition) is 1. The standard InChI is InChI=1S/C12H20O/c1-9(2)10-5-6-11(7-10)12(3,4)8-13/h6,8-10H,5,7H2,1-4H3. The van der Waals surface area contributed by atoms with Crippen molar-refractivity contribution in [1.82, 2.24) is 0 Å². The zero-order valence-electron chi connectivity index (χ0n) is 9.13. The fourth-order valence-electron chi connectivity index (χ4n) is 1.85. The van der Waals surface area contributed by atoms with Crippen molar-refractivity contribution < 1.29 is 4.79 Å². The lowest BCUT2D eigenvalue weighted by Crippen LogP contribution is -2.16. The first-order valence-electron chi connectivity index (χ1n) is 5.13. The monoisotopic (exact) mass is 180 g/mol. The number of rotatable bonds is 3. The van der Waals surface area contributed by atoms with Gasteiger partial charge in [-0.1, -0.05) is 25.5 Å². The number of aldehydes is 1. The van der Waals surface area contributed by atoms with Crippen LogP contribution in [0.2, 0.25) is 0 Å². The molecule has 0 saturated carbocycles. The molecule has 0 saturated heterocycles. The van der Waals surface area contributed by atoms with Crippen LogP contribution < -0.4 is 0 Å². The molecule has 0 aromatic carbocycles. The highest BCUT2D eigenvalue weighted by atomic mass is 16.1. The molecule has 1 unspecified atom stereocenters. The summed E-state index contributed by atoms with van der Waals surface area (Å²) in [5.41, 5.74) is 1.10. The van der Waals surface area contributed by atoms with Gasteiger partial charge in [0.25, 0.3) is 0 Å². The van der Waals surface area contributed by atoms with E-state index < -0.39 is 0 Å². The summed E-state index contributed by atoms with van der Waals surface area (Å²) in [4.78, 5) is 10.8. The third kappa shape index (κ3) is 2.20. The van der Waals surface area contributed by atoms with E-state index >= 15 is 0 Å². The average Bonchev–Trinajstić information content (AvgIpc) is 2.52. The van der Waals surface area contributed by atoms with Gasteiger partial charge in [0.15, 0.2) is 0 Å². The van der Waals surface area contributed by atoms with Gasteiger partial charge in [-0.05, 0) is 38.5 Å². The Hall–Kier alpha value is -0.590. The Morgan fingerprint density at radius 3 is 2.54 bits per heavy atom. The summed E-state index contributed by atoms with van der Waals surface area (Å²) in [5, 5.41) is 0. The SMILES string of the molecule is CC(C)C1CC=C(C(C)(C)C=O)C1. The second-order valence-corrected chi connectivity index (χ2v) is 5.01. The molecule has 74 valence electrons. The summed E-state index contributed by atoms with van der Waals surface area (Å²) in [5.74, 6) is 1.49. The van der Waals surface area contributed by atoms with E-state index in [9.17, 15) is 4.79 Å². The molecule has 0 bridgehead atoms. The maximum Gasteiger partial charge on any atom is 0.129 e. The molecule has 0 fully saturated rings. The van der Waals surface area contributed by atoms with E-state index in [4.69, 9.17) is 0 Å². The number of carbonyl (C=O) groups is 1. The molecule has 1 heteroatoms. The second-order valence-electron chi connectivity index (χ2n) is 5.01. The van der Waals surface area contributed by atoms with Crippen LogP contribution in [0.25, 0.3) is 0 Å². The molecule has 0 N–H and O–H groups in total. The van der Waals surface area contributed by atoms with Gasteiger partial charge in [0.2, 0.25) is 0 Å². The quantitative estimate of drug-likeness (QED) is 0.481. The highest BCUT2D eigenvalue weighted by Crippen LogP contribution is 2.39. The van der Waals surface area contributed by atoms with E-state index in [-0.39, 0.29) is 5.41 Å². The van der Waals surface area contributed by atoms with Crippen molar-refractivity contribution in [2.45, 2.75) is 40.5 Å². The smallest absolute Gasteiger partial charge is 0.129 e. The van der Waals surface area contributed by atoms with Crippen LogP contribution >= 0.6 is 0 Å². The minimum atomic E-state index is -0.232. The van der Waals surface area contributed by atoms with Gasteiger partial charge in [-0.3, -0.25) is 0 Å². The van der Waals surface area contributed by atoms with Crippen LogP contribution in [0.3, 0.4) is 0 Å². The third-order valence-electron chi connectivity index (χ3n) is 3.21. The maximum absolute atomic E-state index is 10.8. The normalized spacial score (nSPS) is 23.5. The molecule has 0 radical (unpaired) electrons. The van der Waals surface area contributed by atoms with Gasteiger partial charge in [-0.15, -0.1) is 0 Å². The lowest BCUT2D eigenvalue weighted by atomic mass is 9.82. The topological polar surface area (TPSA) is 17.1 Å². The minimum absolute atomic E-state index is 0.232. The zero-order valence-corrected chi connectivity index (χ0v) is 9.13. The molecule has 13 heavy (non-hydrogen) atoms. The Bertz CT molecular complexity index is 223. The first-order valence-corrected chi connectivity index (χ1v) is 5.13. The summed E-state index contributed by atoms with van der Waals surface area (Å²) in [6.07, 6.45) is 5.61. The molecular formula is C12H20O. The molecule has 1 atom stereocenters. The first-order chi connectivity index (χ1) is 5.97. The summed E-state index contributed by atoms with van der Waals surface area (Å²) < 4.78 is 0. The average molecular weight is 180 g/mol. The van der Waals surface area contributed by atoms with Crippen LogP contribution in [0.4, 0.5) is 0 Å². The van der Waals surface area contributed by atoms with Gasteiger partial charge in [0.1, 0.15) is 6.29 Å². The largest absolute Gasteiger partial charge is 0.302 e. The number of hydrogen-bond donors (Lipinski definition) is 0. The number of allylic oxidation sites excluding steroid dienone is 2. The van der Waals surface area contributed by atoms with Crippen LogP contribution in [0.5, 0.6) is 0 Å². The molecule has 0 spiro atoms. The minimum Gasteiger partial charge on any atom is -0.302 e. The van der Waals surface area contributed by atoms with Crippen molar-refractivity contribution in [1.29, 1.82) is 0 Å². The fourth-order valence-corrected chi connectivity index (χ4v) is 1.85. The van der Waals surface area contributed by atoms with E-state index in [0.717, 1.165) is 31.0 Å². The molecule has 0 aromatic heterocycles. The molecule has 0 heterocycles. The van der Waals surface area contributed by atoms with Crippen molar-refractivity contribution in [2.24, 2.45) is 17.3 Å². The van der Waals surface area contributed by atoms with E-state index in [1.807, 2.05) is 13.8 Å². The Kier molecular flexibility index (Phi) is 2.94. The van der Waals surface area contributed by atoms with Gasteiger partial charge in [0, 0.05) is 5.41 Å². The molecular weight excluding hydrogens is 160 g/mol. The van der Waals surface area contributed by atoms with Gasteiger partial charge >= 0.3 is 0 Å². The highest BCUT2D eigenvalue weighted by Gasteiger charge is 2.29. The highest BCUT2D eigenvalue weighted by molar-refractivity contribution is 5.64. The summed E-state index contributed by atoms with van der Waals surface area (Å²) >= 11 is 0. The van der Waals surface area contributed by atoms with Gasteiger partial charge < -0.3 is 4.79 Å². The summed E-state index contributed by atoms with van der Waals surface area (Å²) in [6, 6.07) is 0. The summed E-state index contributed by atoms with van der Waals surface area (Å²) in [7, 11) is 0. The molecule has 1 aliphatic rings. The van der Waals surface area contributed by atoms with Crippen molar-refractivity contribution >= 4 is 6.29 Å². The zero-order chi connectivity index (χ0) is 10.1. The van der Waals surface area contributed by atoms with Crippen LogP contribution in [0.15, 0.2) is 11.6 Å². The van der Waals surface area contributed by atoms with E-state index in [0.29, 0.717) is 0 Å². The Morgan fingerprint density at radius 1 is 1.54 bits per heavy atom. The van der Waals surface area contributed by atoms with Crippen molar-refractivity contribution in [3.63, 3.8) is 0 Å². The van der Waals surface area contributed by atoms with Gasteiger partial charge in [-0.25, -0.2) is 0 Å². The Balaban J connectivity index is 2.63. The van der Waals surface area contributed by atoms with Crippen LogP contribution in [-0.4, -0.2) is 6.29 Å². The second kappa shape index (κ2) is 3.65. The lowest BCUT2D eigenvalue weighted by Gasteiger charge is -2.21. The van der Waals surface area contributed by atoms with Gasteiger partial charge in [0.05, 0.1) is 0 Å². The maximum atomic E-state index is 10.8. The predicted octanol–water partition coefficient (Wildman–Crippen LogP) is 3.20. The number of carbonyl (C=O) groups excluding carboxylic acids is 1. The third-order valence-corrected chi connectivity index (χ3v) is 3.21. The molecule has 0 aliphatic heterocycles. The molecule has 1 rings (SSSR count). The Morgan fingerprint density at radius 2 is 2.15 bits per heavy atom. The van der Waals surface area contributed by atoms with E-state index in [1.54, 1.807) is 0 Å². The lowest BCUT2D eigenvalue weighted by molar-refractivity contribution is -0.113. The molecule has 0 aromatic rings. The molecule has 0 amide bonds. The molecule has 1 nitrogen and oxygen atoms in total. The first kappa shape index (κ1) is 10.5. The van der Waals surface area contributed by atoms with E-state index in [2.05, 4.69) is 19.9 Å². The van der Waals surface area contributed by atoms with Gasteiger partial charge in [-0.2, -0.15) is 0 Å². The van der Waals surface area contributed by atoms with Crippen molar-refractivity contribution in [3.05, 3.63) is 11.6 Å². The van der Waals surface area contributed by atoms with Crippen molar-refractivity contribution in [2.75, 3.05) is 0 Å². The summed E-state index contributed by atoms with van der Waals surface area (Å²) in [6.45, 7) is 8.54. The van der Waals surface area contributed by atoms with E-state index in [1.165, 1.54) is 5.57 Å². The molecule has 1 aliphatic carbocycles. The van der Waals surface area contributed by atoms with Crippen LogP contribution in [-0.2, 0) is 4.79 Å². The fraction of sp³-hybridized carbons (Fsp3) is 0.750. The van der Waals surface area contributed by atoms with Crippen LogP contribution in [0, 0.1) is 17.3 Å². The van der Waals surface area contributed by atoms with Crippen LogP contribution in [0.1, 0.15) is 40.5 Å². The van der Waals surface area contributed by atoms with Crippen molar-refractivity contribution in [3.8, 4) is 0 Å². The predicted molar refractivity (Wildman–Crippen MR) is 55.5 cm³/mol. The Labute approximate surface area is 81.2 Å².